The zero-order valence-corrected chi connectivity index (χ0v) is 10.6. The summed E-state index contributed by atoms with van der Waals surface area (Å²) in [4.78, 5) is 10.8. The molecule has 94 valence electrons. The molecule has 0 atom stereocenters. The smallest absolute Gasteiger partial charge is 0.243 e. The zero-order chi connectivity index (χ0) is 13.1. The summed E-state index contributed by atoms with van der Waals surface area (Å²) >= 11 is 5.66. The van der Waals surface area contributed by atoms with Crippen LogP contribution in [0, 0.1) is 0 Å². The summed E-state index contributed by atoms with van der Waals surface area (Å²) in [7, 11) is -2.40. The van der Waals surface area contributed by atoms with E-state index in [1.54, 1.807) is 0 Å². The Hall–Kier alpha value is -1.31. The van der Waals surface area contributed by atoms with E-state index >= 15 is 0 Å². The van der Waals surface area contributed by atoms with Crippen molar-refractivity contribution < 1.29 is 13.2 Å². The van der Waals surface area contributed by atoms with Crippen molar-refractivity contribution in [2.24, 2.45) is 0 Å². The predicted molar refractivity (Wildman–Crippen MR) is 65.1 cm³/mol. The van der Waals surface area contributed by atoms with Gasteiger partial charge in [0.15, 0.2) is 0 Å². The van der Waals surface area contributed by atoms with E-state index < -0.39 is 15.9 Å². The summed E-state index contributed by atoms with van der Waals surface area (Å²) in [6, 6.07) is 4.02. The van der Waals surface area contributed by atoms with Crippen LogP contribution >= 0.6 is 11.6 Å². The first-order valence-corrected chi connectivity index (χ1v) is 6.48. The summed E-state index contributed by atoms with van der Waals surface area (Å²) in [5.74, 6) is -0.443. The number of anilines is 1. The molecule has 0 aromatic heterocycles. The van der Waals surface area contributed by atoms with Crippen molar-refractivity contribution in [2.75, 3.05) is 19.3 Å². The van der Waals surface area contributed by atoms with Gasteiger partial charge < -0.3 is 11.1 Å². The van der Waals surface area contributed by atoms with Gasteiger partial charge in [-0.2, -0.15) is 0 Å². The Morgan fingerprint density at radius 2 is 2.12 bits per heavy atom. The molecule has 0 aliphatic carbocycles. The largest absolute Gasteiger partial charge is 0.398 e. The maximum absolute atomic E-state index is 11.8. The molecule has 0 aliphatic heterocycles. The van der Waals surface area contributed by atoms with Crippen LogP contribution in [0.4, 0.5) is 5.69 Å². The van der Waals surface area contributed by atoms with Crippen molar-refractivity contribution in [3.63, 3.8) is 0 Å². The Morgan fingerprint density at radius 1 is 1.47 bits per heavy atom. The molecule has 0 unspecified atom stereocenters. The van der Waals surface area contributed by atoms with Gasteiger partial charge >= 0.3 is 0 Å². The normalized spacial score (nSPS) is 11.2. The molecule has 0 radical (unpaired) electrons. The fraction of sp³-hybridized carbons (Fsp3) is 0.222. The molecule has 8 heteroatoms. The van der Waals surface area contributed by atoms with E-state index in [0.717, 1.165) is 0 Å². The summed E-state index contributed by atoms with van der Waals surface area (Å²) in [5, 5.41) is 2.64. The average Bonchev–Trinajstić information content (AvgIpc) is 2.25. The van der Waals surface area contributed by atoms with E-state index in [4.69, 9.17) is 17.3 Å². The molecular weight excluding hydrogens is 266 g/mol. The van der Waals surface area contributed by atoms with E-state index in [0.29, 0.717) is 5.02 Å². The third-order valence-electron chi connectivity index (χ3n) is 1.96. The van der Waals surface area contributed by atoms with Gasteiger partial charge in [-0.05, 0) is 18.2 Å². The van der Waals surface area contributed by atoms with Crippen LogP contribution in [0.5, 0.6) is 0 Å². The third kappa shape index (κ3) is 3.58. The van der Waals surface area contributed by atoms with Crippen molar-refractivity contribution in [1.82, 2.24) is 10.0 Å². The highest BCUT2D eigenvalue weighted by molar-refractivity contribution is 7.89. The van der Waals surface area contributed by atoms with Crippen LogP contribution in [0.25, 0.3) is 0 Å². The van der Waals surface area contributed by atoms with Crippen molar-refractivity contribution in [3.8, 4) is 0 Å². The van der Waals surface area contributed by atoms with Crippen LogP contribution in [-0.4, -0.2) is 27.9 Å². The molecule has 0 aliphatic rings. The molecule has 0 heterocycles. The van der Waals surface area contributed by atoms with Crippen molar-refractivity contribution in [3.05, 3.63) is 23.2 Å². The lowest BCUT2D eigenvalue weighted by molar-refractivity contribution is -0.119. The molecule has 1 aromatic carbocycles. The van der Waals surface area contributed by atoms with Gasteiger partial charge in [0.1, 0.15) is 4.90 Å². The highest BCUT2D eigenvalue weighted by Crippen LogP contribution is 2.21. The molecule has 17 heavy (non-hydrogen) atoms. The third-order valence-corrected chi connectivity index (χ3v) is 3.67. The number of benzene rings is 1. The number of rotatable bonds is 4. The first-order chi connectivity index (χ1) is 7.86. The molecule has 0 saturated heterocycles. The van der Waals surface area contributed by atoms with E-state index in [2.05, 4.69) is 10.0 Å². The second-order valence-corrected chi connectivity index (χ2v) is 5.35. The number of nitrogens with one attached hydrogen (secondary N) is 2. The Morgan fingerprint density at radius 3 is 2.65 bits per heavy atom. The first-order valence-electron chi connectivity index (χ1n) is 4.62. The highest BCUT2D eigenvalue weighted by Gasteiger charge is 2.18. The summed E-state index contributed by atoms with van der Waals surface area (Å²) in [6.07, 6.45) is 0. The second-order valence-electron chi connectivity index (χ2n) is 3.18. The minimum Gasteiger partial charge on any atom is -0.398 e. The summed E-state index contributed by atoms with van der Waals surface area (Å²) in [5.41, 5.74) is 5.57. The quantitative estimate of drug-likeness (QED) is 0.672. The van der Waals surface area contributed by atoms with Crippen LogP contribution in [-0.2, 0) is 14.8 Å². The molecule has 1 amide bonds. The lowest BCUT2D eigenvalue weighted by Crippen LogP contribution is -2.35. The van der Waals surface area contributed by atoms with Gasteiger partial charge in [-0.3, -0.25) is 4.79 Å². The Balaban J connectivity index is 2.94. The Bertz CT molecular complexity index is 530. The van der Waals surface area contributed by atoms with Crippen molar-refractivity contribution in [1.29, 1.82) is 0 Å². The van der Waals surface area contributed by atoms with Gasteiger partial charge in [0.2, 0.25) is 15.9 Å². The van der Waals surface area contributed by atoms with Crippen molar-refractivity contribution in [2.45, 2.75) is 4.90 Å². The number of amides is 1. The van der Waals surface area contributed by atoms with Gasteiger partial charge in [-0.25, -0.2) is 13.1 Å². The van der Waals surface area contributed by atoms with Gasteiger partial charge in [-0.15, -0.1) is 0 Å². The number of nitrogens with two attached hydrogens (primary N) is 1. The minimum atomic E-state index is -3.81. The molecule has 1 aromatic rings. The lowest BCUT2D eigenvalue weighted by Gasteiger charge is -2.08. The van der Waals surface area contributed by atoms with E-state index in [1.807, 2.05) is 0 Å². The van der Waals surface area contributed by atoms with Crippen LogP contribution < -0.4 is 15.8 Å². The number of hydrogen-bond acceptors (Lipinski definition) is 4. The predicted octanol–water partition coefficient (Wildman–Crippen LogP) is -0.0535. The maximum atomic E-state index is 11.8. The van der Waals surface area contributed by atoms with E-state index in [9.17, 15) is 13.2 Å². The molecular formula is C9H12ClN3O3S. The van der Waals surface area contributed by atoms with Gasteiger partial charge in [0.25, 0.3) is 0 Å². The second kappa shape index (κ2) is 5.35. The molecule has 0 saturated carbocycles. The summed E-state index contributed by atoms with van der Waals surface area (Å²) < 4.78 is 25.7. The monoisotopic (exact) mass is 277 g/mol. The van der Waals surface area contributed by atoms with Crippen LogP contribution in [0.3, 0.4) is 0 Å². The number of likely N-dealkylation sites (N-methyl/N-ethyl adjacent to an activating group) is 1. The number of halogens is 1. The van der Waals surface area contributed by atoms with Gasteiger partial charge in [0, 0.05) is 12.1 Å². The standard InChI is InChI=1S/C9H12ClN3O3S/c1-12-9(14)5-13-17(15,16)8-3-2-6(10)4-7(8)11/h2-4,13H,5,11H2,1H3,(H,12,14). The molecule has 0 spiro atoms. The van der Waals surface area contributed by atoms with Crippen molar-refractivity contribution >= 4 is 33.2 Å². The minimum absolute atomic E-state index is 0.0295. The molecule has 1 rings (SSSR count). The lowest BCUT2D eigenvalue weighted by atomic mass is 10.3. The number of nitrogen functional groups attached to an aromatic ring is 1. The number of sulfonamides is 1. The number of carbonyl (C=O) groups excluding carboxylic acids is 1. The molecule has 6 nitrogen and oxygen atoms in total. The highest BCUT2D eigenvalue weighted by atomic mass is 35.5. The fourth-order valence-electron chi connectivity index (χ4n) is 1.09. The fourth-order valence-corrected chi connectivity index (χ4v) is 2.36. The van der Waals surface area contributed by atoms with E-state index in [-0.39, 0.29) is 17.1 Å². The average molecular weight is 278 g/mol. The molecule has 0 bridgehead atoms. The molecule has 0 fully saturated rings. The Kier molecular flexibility index (Phi) is 4.33. The first kappa shape index (κ1) is 13.8. The maximum Gasteiger partial charge on any atom is 0.243 e. The molecule has 4 N–H and O–H groups in total. The van der Waals surface area contributed by atoms with Crippen LogP contribution in [0.2, 0.25) is 5.02 Å². The summed E-state index contributed by atoms with van der Waals surface area (Å²) in [6.45, 7) is -0.346. The van der Waals surface area contributed by atoms with Crippen LogP contribution in [0.15, 0.2) is 23.1 Å². The van der Waals surface area contributed by atoms with E-state index in [1.165, 1.54) is 25.2 Å². The van der Waals surface area contributed by atoms with Gasteiger partial charge in [0.05, 0.1) is 12.2 Å². The zero-order valence-electron chi connectivity index (χ0n) is 9.03. The van der Waals surface area contributed by atoms with Gasteiger partial charge in [-0.1, -0.05) is 11.6 Å². The van der Waals surface area contributed by atoms with Crippen LogP contribution in [0.1, 0.15) is 0 Å². The number of carbonyl (C=O) groups is 1. The Labute approximate surface area is 104 Å². The topological polar surface area (TPSA) is 101 Å². The number of hydrogen-bond donors (Lipinski definition) is 3. The SMILES string of the molecule is CNC(=O)CNS(=O)(=O)c1ccc(Cl)cc1N.